The van der Waals surface area contributed by atoms with Crippen molar-refractivity contribution in [2.24, 2.45) is 10.8 Å². The van der Waals surface area contributed by atoms with E-state index in [2.05, 4.69) is 111 Å². The Morgan fingerprint density at radius 3 is 1.97 bits per heavy atom. The molecule has 0 spiro atoms. The molecule has 2 rings (SSSR count). The lowest BCUT2D eigenvalue weighted by Crippen LogP contribution is -2.31. The van der Waals surface area contributed by atoms with Crippen LogP contribution in [-0.4, -0.2) is 18.1 Å². The molecular formula is C31H48O3SSi2. The topological polar surface area (TPSA) is 27.7 Å². The van der Waals surface area contributed by atoms with E-state index in [1.165, 1.54) is 26.5 Å². The SMILES string of the molecule is C#CC=C(CC)c1ccc(COc2ccc(C(O[SiH](C)C)C(C)(C)C)c(C(O[SiH](C)C)C(C)(C)C)c2)s1. The second-order valence-corrected chi connectivity index (χ2v) is 18.3. The minimum atomic E-state index is -1.31. The predicted octanol–water partition coefficient (Wildman–Crippen LogP) is 8.93. The zero-order valence-electron chi connectivity index (χ0n) is 24.9. The Morgan fingerprint density at radius 2 is 1.49 bits per heavy atom. The number of rotatable bonds is 11. The molecular weight excluding hydrogens is 509 g/mol. The zero-order valence-corrected chi connectivity index (χ0v) is 28.0. The molecule has 1 aromatic heterocycles. The lowest BCUT2D eigenvalue weighted by molar-refractivity contribution is 0.0653. The summed E-state index contributed by atoms with van der Waals surface area (Å²) in [5.41, 5.74) is 3.50. The highest BCUT2D eigenvalue weighted by molar-refractivity contribution is 7.13. The highest BCUT2D eigenvalue weighted by atomic mass is 32.1. The van der Waals surface area contributed by atoms with Crippen LogP contribution in [0.5, 0.6) is 5.75 Å². The summed E-state index contributed by atoms with van der Waals surface area (Å²) < 4.78 is 19.7. The number of hydrogen-bond acceptors (Lipinski definition) is 4. The van der Waals surface area contributed by atoms with Crippen molar-refractivity contribution in [3.63, 3.8) is 0 Å². The molecule has 0 N–H and O–H groups in total. The van der Waals surface area contributed by atoms with Crippen LogP contribution in [0.2, 0.25) is 26.2 Å². The number of terminal acetylenes is 1. The van der Waals surface area contributed by atoms with E-state index in [1.54, 1.807) is 11.3 Å². The third kappa shape index (κ3) is 9.26. The van der Waals surface area contributed by atoms with Crippen LogP contribution in [0.3, 0.4) is 0 Å². The second kappa shape index (κ2) is 13.4. The molecule has 2 atom stereocenters. The molecule has 0 amide bonds. The van der Waals surface area contributed by atoms with E-state index in [4.69, 9.17) is 20.0 Å². The Hall–Kier alpha value is -1.63. The molecule has 37 heavy (non-hydrogen) atoms. The molecule has 1 aromatic carbocycles. The molecule has 1 heterocycles. The summed E-state index contributed by atoms with van der Waals surface area (Å²) in [7, 11) is -2.59. The Labute approximate surface area is 234 Å². The van der Waals surface area contributed by atoms with Gasteiger partial charge in [0, 0.05) is 9.75 Å². The summed E-state index contributed by atoms with van der Waals surface area (Å²) >= 11 is 1.74. The van der Waals surface area contributed by atoms with Gasteiger partial charge in [0.1, 0.15) is 12.4 Å². The van der Waals surface area contributed by atoms with E-state index in [-0.39, 0.29) is 23.0 Å². The number of benzene rings is 1. The predicted molar refractivity (Wildman–Crippen MR) is 167 cm³/mol. The monoisotopic (exact) mass is 556 g/mol. The van der Waals surface area contributed by atoms with Gasteiger partial charge in [0.25, 0.3) is 0 Å². The van der Waals surface area contributed by atoms with Gasteiger partial charge in [-0.2, -0.15) is 0 Å². The molecule has 2 aromatic rings. The largest absolute Gasteiger partial charge is 0.488 e. The third-order valence-electron chi connectivity index (χ3n) is 6.01. The van der Waals surface area contributed by atoms with Crippen molar-refractivity contribution in [1.29, 1.82) is 0 Å². The number of allylic oxidation sites excluding steroid dienone is 2. The van der Waals surface area contributed by atoms with Crippen LogP contribution in [-0.2, 0) is 15.5 Å². The van der Waals surface area contributed by atoms with Gasteiger partial charge >= 0.3 is 0 Å². The molecule has 0 fully saturated rings. The molecule has 6 heteroatoms. The molecule has 0 aliphatic carbocycles. The minimum absolute atomic E-state index is 0.000700. The average molecular weight is 557 g/mol. The smallest absolute Gasteiger partial charge is 0.171 e. The second-order valence-electron chi connectivity index (χ2n) is 12.4. The van der Waals surface area contributed by atoms with Gasteiger partial charge < -0.3 is 13.6 Å². The van der Waals surface area contributed by atoms with Gasteiger partial charge in [-0.05, 0) is 90.5 Å². The number of ether oxygens (including phenoxy) is 1. The first-order valence-corrected chi connectivity index (χ1v) is 19.9. The van der Waals surface area contributed by atoms with Crippen molar-refractivity contribution in [1.82, 2.24) is 0 Å². The van der Waals surface area contributed by atoms with Crippen LogP contribution in [0.4, 0.5) is 0 Å². The van der Waals surface area contributed by atoms with Gasteiger partial charge in [-0.1, -0.05) is 60.5 Å². The average Bonchev–Trinajstić information content (AvgIpc) is 3.25. The normalized spacial score (nSPS) is 14.6. The molecule has 204 valence electrons. The fraction of sp³-hybridized carbons (Fsp3) is 0.548. The molecule has 0 bridgehead atoms. The lowest BCUT2D eigenvalue weighted by Gasteiger charge is -2.39. The van der Waals surface area contributed by atoms with E-state index in [1.807, 2.05) is 6.08 Å². The van der Waals surface area contributed by atoms with E-state index in [0.29, 0.717) is 6.61 Å². The fourth-order valence-electron chi connectivity index (χ4n) is 4.37. The molecule has 0 saturated heterocycles. The van der Waals surface area contributed by atoms with Gasteiger partial charge in [-0.3, -0.25) is 0 Å². The molecule has 0 aliphatic rings. The Kier molecular flexibility index (Phi) is 11.5. The quantitative estimate of drug-likeness (QED) is 0.204. The summed E-state index contributed by atoms with van der Waals surface area (Å²) in [6, 6.07) is 10.8. The van der Waals surface area contributed by atoms with E-state index >= 15 is 0 Å². The van der Waals surface area contributed by atoms with Crippen LogP contribution in [0.1, 0.15) is 88.0 Å². The van der Waals surface area contributed by atoms with Gasteiger partial charge in [-0.25, -0.2) is 0 Å². The molecule has 3 nitrogen and oxygen atoms in total. The minimum Gasteiger partial charge on any atom is -0.488 e. The van der Waals surface area contributed by atoms with Crippen molar-refractivity contribution in [2.45, 2.75) is 99.9 Å². The van der Waals surface area contributed by atoms with Gasteiger partial charge in [-0.15, -0.1) is 17.8 Å². The van der Waals surface area contributed by atoms with Crippen molar-refractivity contribution >= 4 is 35.0 Å². The molecule has 2 unspecified atom stereocenters. The summed E-state index contributed by atoms with van der Waals surface area (Å²) in [5.74, 6) is 3.52. The molecule has 0 aliphatic heterocycles. The number of hydrogen-bond donors (Lipinski definition) is 0. The Bertz CT molecular complexity index is 1080. The first-order valence-electron chi connectivity index (χ1n) is 13.5. The van der Waals surface area contributed by atoms with E-state index in [9.17, 15) is 0 Å². The maximum atomic E-state index is 6.71. The van der Waals surface area contributed by atoms with Crippen LogP contribution in [0, 0.1) is 23.2 Å². The standard InChI is InChI=1S/C31H48O3SSi2/c1-13-15-22(14-2)27-19-17-24(35-27)21-32-23-16-18-25(28(30(3,4)5)33-36(9)10)26(20-23)29(31(6,7)8)34-37(11)12/h1,15-20,28-29,36-37H,14,21H2,2-12H3. The van der Waals surface area contributed by atoms with Gasteiger partial charge in [0.2, 0.25) is 0 Å². The van der Waals surface area contributed by atoms with Crippen LogP contribution in [0.25, 0.3) is 5.57 Å². The Balaban J connectivity index is 2.50. The molecule has 0 radical (unpaired) electrons. The van der Waals surface area contributed by atoms with Crippen molar-refractivity contribution < 1.29 is 13.6 Å². The number of thiophene rings is 1. The summed E-state index contributed by atoms with van der Waals surface area (Å²) in [6.07, 6.45) is 8.25. The Morgan fingerprint density at radius 1 is 0.919 bits per heavy atom. The van der Waals surface area contributed by atoms with Gasteiger partial charge in [0.15, 0.2) is 18.1 Å². The third-order valence-corrected chi connectivity index (χ3v) is 8.78. The molecule has 0 saturated carbocycles. The highest BCUT2D eigenvalue weighted by Crippen LogP contribution is 2.46. The highest BCUT2D eigenvalue weighted by Gasteiger charge is 2.36. The maximum Gasteiger partial charge on any atom is 0.171 e. The summed E-state index contributed by atoms with van der Waals surface area (Å²) in [5, 5.41) is 0. The van der Waals surface area contributed by atoms with Gasteiger partial charge in [0.05, 0.1) is 12.2 Å². The first kappa shape index (κ1) is 31.6. The van der Waals surface area contributed by atoms with Crippen molar-refractivity contribution in [3.8, 4) is 18.1 Å². The van der Waals surface area contributed by atoms with Crippen LogP contribution < -0.4 is 4.74 Å². The van der Waals surface area contributed by atoms with E-state index < -0.39 is 18.1 Å². The zero-order chi connectivity index (χ0) is 28.0. The fourth-order valence-corrected chi connectivity index (χ4v) is 7.58. The first-order chi connectivity index (χ1) is 17.2. The van der Waals surface area contributed by atoms with Crippen molar-refractivity contribution in [3.05, 3.63) is 57.3 Å². The van der Waals surface area contributed by atoms with Crippen LogP contribution in [0.15, 0.2) is 36.4 Å². The summed E-state index contributed by atoms with van der Waals surface area (Å²) in [6.45, 7) is 25.2. The van der Waals surface area contributed by atoms with Crippen molar-refractivity contribution in [2.75, 3.05) is 0 Å². The maximum absolute atomic E-state index is 6.71. The summed E-state index contributed by atoms with van der Waals surface area (Å²) in [4.78, 5) is 2.39. The lowest BCUT2D eigenvalue weighted by atomic mass is 9.77. The van der Waals surface area contributed by atoms with Crippen LogP contribution >= 0.6 is 11.3 Å². The van der Waals surface area contributed by atoms with E-state index in [0.717, 1.165) is 12.2 Å².